The van der Waals surface area contributed by atoms with Crippen LogP contribution in [0.1, 0.15) is 51.2 Å². The molecule has 1 atom stereocenters. The predicted molar refractivity (Wildman–Crippen MR) is 89.6 cm³/mol. The van der Waals surface area contributed by atoms with E-state index in [4.69, 9.17) is 9.47 Å². The minimum Gasteiger partial charge on any atom is -0.482 e. The van der Waals surface area contributed by atoms with Crippen molar-refractivity contribution in [3.63, 3.8) is 0 Å². The SMILES string of the molecule is CC[C@@H](C)NC(=O)COC(=O)COc1ccc(C(C)C)c(C)c1. The van der Waals surface area contributed by atoms with Crippen molar-refractivity contribution < 1.29 is 19.1 Å². The van der Waals surface area contributed by atoms with E-state index in [1.165, 1.54) is 5.56 Å². The predicted octanol–water partition coefficient (Wildman–Crippen LogP) is 2.96. The molecule has 1 N–H and O–H groups in total. The van der Waals surface area contributed by atoms with Gasteiger partial charge in [0.15, 0.2) is 13.2 Å². The highest BCUT2D eigenvalue weighted by Crippen LogP contribution is 2.23. The molecule has 5 nitrogen and oxygen atoms in total. The van der Waals surface area contributed by atoms with Gasteiger partial charge >= 0.3 is 5.97 Å². The molecule has 0 saturated carbocycles. The molecule has 0 unspecified atom stereocenters. The number of hydrogen-bond donors (Lipinski definition) is 1. The quantitative estimate of drug-likeness (QED) is 0.748. The molecule has 0 aliphatic rings. The summed E-state index contributed by atoms with van der Waals surface area (Å²) in [6, 6.07) is 5.81. The molecule has 0 aliphatic heterocycles. The van der Waals surface area contributed by atoms with Gasteiger partial charge in [-0.25, -0.2) is 4.79 Å². The van der Waals surface area contributed by atoms with Crippen molar-refractivity contribution >= 4 is 11.9 Å². The minimum atomic E-state index is -0.560. The first-order chi connectivity index (χ1) is 10.8. The largest absolute Gasteiger partial charge is 0.482 e. The highest BCUT2D eigenvalue weighted by molar-refractivity contribution is 5.81. The van der Waals surface area contributed by atoms with E-state index >= 15 is 0 Å². The number of aryl methyl sites for hydroxylation is 1. The average molecular weight is 321 g/mol. The number of nitrogens with one attached hydrogen (secondary N) is 1. The summed E-state index contributed by atoms with van der Waals surface area (Å²) in [6.07, 6.45) is 0.828. The zero-order valence-electron chi connectivity index (χ0n) is 14.6. The molecule has 0 radical (unpaired) electrons. The molecular weight excluding hydrogens is 294 g/mol. The van der Waals surface area contributed by atoms with E-state index in [0.29, 0.717) is 11.7 Å². The first-order valence-electron chi connectivity index (χ1n) is 8.01. The van der Waals surface area contributed by atoms with Crippen LogP contribution in [0.15, 0.2) is 18.2 Å². The summed E-state index contributed by atoms with van der Waals surface area (Å²) in [7, 11) is 0. The van der Waals surface area contributed by atoms with E-state index in [2.05, 4.69) is 19.2 Å². The zero-order valence-corrected chi connectivity index (χ0v) is 14.6. The van der Waals surface area contributed by atoms with Crippen LogP contribution >= 0.6 is 0 Å². The Bertz CT molecular complexity index is 540. The maximum Gasteiger partial charge on any atom is 0.344 e. The molecule has 0 saturated heterocycles. The smallest absolute Gasteiger partial charge is 0.344 e. The number of amides is 1. The summed E-state index contributed by atoms with van der Waals surface area (Å²) in [4.78, 5) is 23.1. The van der Waals surface area contributed by atoms with Gasteiger partial charge in [-0.1, -0.05) is 26.8 Å². The standard InChI is InChI=1S/C18H27NO4/c1-6-14(5)19-17(20)10-23-18(21)11-22-15-7-8-16(12(2)3)13(4)9-15/h7-9,12,14H,6,10-11H2,1-5H3,(H,19,20)/t14-/m1/s1. The van der Waals surface area contributed by atoms with Crippen molar-refractivity contribution in [3.05, 3.63) is 29.3 Å². The second kappa shape index (κ2) is 9.18. The monoisotopic (exact) mass is 321 g/mol. The Morgan fingerprint density at radius 2 is 1.87 bits per heavy atom. The topological polar surface area (TPSA) is 64.6 Å². The van der Waals surface area contributed by atoms with Crippen LogP contribution < -0.4 is 10.1 Å². The molecule has 0 fully saturated rings. The summed E-state index contributed by atoms with van der Waals surface area (Å²) >= 11 is 0. The maximum atomic E-state index is 11.6. The highest BCUT2D eigenvalue weighted by atomic mass is 16.6. The van der Waals surface area contributed by atoms with E-state index in [1.54, 1.807) is 0 Å². The second-order valence-corrected chi connectivity index (χ2v) is 6.00. The molecule has 128 valence electrons. The number of ether oxygens (including phenoxy) is 2. The first kappa shape index (κ1) is 19.0. The van der Waals surface area contributed by atoms with E-state index in [0.717, 1.165) is 12.0 Å². The van der Waals surface area contributed by atoms with Gasteiger partial charge in [0.1, 0.15) is 5.75 Å². The lowest BCUT2D eigenvalue weighted by Crippen LogP contribution is -2.35. The summed E-state index contributed by atoms with van der Waals surface area (Å²) in [5.74, 6) is 0.200. The Morgan fingerprint density at radius 1 is 1.17 bits per heavy atom. The van der Waals surface area contributed by atoms with Crippen LogP contribution in [-0.4, -0.2) is 31.1 Å². The van der Waals surface area contributed by atoms with Crippen LogP contribution in [0.25, 0.3) is 0 Å². The van der Waals surface area contributed by atoms with Gasteiger partial charge in [0.25, 0.3) is 5.91 Å². The molecular formula is C18H27NO4. The number of hydrogen-bond acceptors (Lipinski definition) is 4. The Kier molecular flexibility index (Phi) is 7.59. The third-order valence-electron chi connectivity index (χ3n) is 3.60. The Balaban J connectivity index is 2.39. The van der Waals surface area contributed by atoms with Gasteiger partial charge in [0.2, 0.25) is 0 Å². The number of carbonyl (C=O) groups is 2. The van der Waals surface area contributed by atoms with Crippen LogP contribution in [0.3, 0.4) is 0 Å². The Hall–Kier alpha value is -2.04. The summed E-state index contributed by atoms with van der Waals surface area (Å²) in [6.45, 7) is 9.65. The van der Waals surface area contributed by atoms with Crippen molar-refractivity contribution in [2.75, 3.05) is 13.2 Å². The number of carbonyl (C=O) groups excluding carboxylic acids is 2. The van der Waals surface area contributed by atoms with E-state index < -0.39 is 5.97 Å². The molecule has 1 rings (SSSR count). The van der Waals surface area contributed by atoms with Crippen molar-refractivity contribution in [1.82, 2.24) is 5.32 Å². The van der Waals surface area contributed by atoms with Crippen LogP contribution in [0.4, 0.5) is 0 Å². The Morgan fingerprint density at radius 3 is 2.43 bits per heavy atom. The molecule has 0 heterocycles. The van der Waals surface area contributed by atoms with Gasteiger partial charge in [-0.2, -0.15) is 0 Å². The van der Waals surface area contributed by atoms with Crippen molar-refractivity contribution in [3.8, 4) is 5.75 Å². The second-order valence-electron chi connectivity index (χ2n) is 6.00. The van der Waals surface area contributed by atoms with Crippen molar-refractivity contribution in [2.45, 2.75) is 53.0 Å². The van der Waals surface area contributed by atoms with Crippen LogP contribution in [0, 0.1) is 6.92 Å². The van der Waals surface area contributed by atoms with E-state index in [9.17, 15) is 9.59 Å². The molecule has 1 aromatic rings. The van der Waals surface area contributed by atoms with E-state index in [-0.39, 0.29) is 25.2 Å². The average Bonchev–Trinajstić information content (AvgIpc) is 2.50. The highest BCUT2D eigenvalue weighted by Gasteiger charge is 2.11. The number of benzene rings is 1. The van der Waals surface area contributed by atoms with Crippen molar-refractivity contribution in [2.24, 2.45) is 0 Å². The Labute approximate surface area is 138 Å². The zero-order chi connectivity index (χ0) is 17.4. The minimum absolute atomic E-state index is 0.0694. The molecule has 5 heteroatoms. The number of rotatable bonds is 8. The third kappa shape index (κ3) is 6.72. The van der Waals surface area contributed by atoms with Gasteiger partial charge in [-0.3, -0.25) is 4.79 Å². The molecule has 1 aromatic carbocycles. The summed E-state index contributed by atoms with van der Waals surface area (Å²) < 4.78 is 10.3. The normalized spacial score (nSPS) is 11.9. The fourth-order valence-electron chi connectivity index (χ4n) is 2.13. The lowest BCUT2D eigenvalue weighted by molar-refractivity contribution is -0.150. The van der Waals surface area contributed by atoms with Gasteiger partial charge in [0.05, 0.1) is 0 Å². The lowest BCUT2D eigenvalue weighted by Gasteiger charge is -2.13. The summed E-state index contributed by atoms with van der Waals surface area (Å²) in [5, 5.41) is 2.73. The summed E-state index contributed by atoms with van der Waals surface area (Å²) in [5.41, 5.74) is 2.38. The molecule has 0 aliphatic carbocycles. The lowest BCUT2D eigenvalue weighted by atomic mass is 9.98. The number of esters is 1. The van der Waals surface area contributed by atoms with Crippen LogP contribution in [0.5, 0.6) is 5.75 Å². The van der Waals surface area contributed by atoms with E-state index in [1.807, 2.05) is 39.0 Å². The van der Waals surface area contributed by atoms with Crippen LogP contribution in [0.2, 0.25) is 0 Å². The van der Waals surface area contributed by atoms with Crippen LogP contribution in [-0.2, 0) is 14.3 Å². The fraction of sp³-hybridized carbons (Fsp3) is 0.556. The molecule has 23 heavy (non-hydrogen) atoms. The maximum absolute atomic E-state index is 11.6. The van der Waals surface area contributed by atoms with Gasteiger partial charge in [-0.15, -0.1) is 0 Å². The van der Waals surface area contributed by atoms with Gasteiger partial charge in [0, 0.05) is 6.04 Å². The fourth-order valence-corrected chi connectivity index (χ4v) is 2.13. The molecule has 0 spiro atoms. The van der Waals surface area contributed by atoms with Gasteiger partial charge in [-0.05, 0) is 49.4 Å². The van der Waals surface area contributed by atoms with Gasteiger partial charge < -0.3 is 14.8 Å². The third-order valence-corrected chi connectivity index (χ3v) is 3.60. The first-order valence-corrected chi connectivity index (χ1v) is 8.01. The molecule has 0 bridgehead atoms. The molecule has 1 amide bonds. The van der Waals surface area contributed by atoms with Crippen molar-refractivity contribution in [1.29, 1.82) is 0 Å². The molecule has 0 aromatic heterocycles.